The molecule has 2 aromatic carbocycles. The maximum Gasteiger partial charge on any atom is 0.260 e. The number of aryl methyl sites for hydroxylation is 3. The standard InChI is InChI=1S/C23H24N4O3S2/c1-16-12-17(2)21-20(13-16)25-23(31-21)27(10-5-9-26-11-8-24-15-26)22(28)18-6-4-7-19(14-18)32(3,29)30/h4,6-8,11-15H,5,9-10H2,1-3H3. The van der Waals surface area contributed by atoms with Crippen LogP contribution in [0.3, 0.4) is 0 Å². The van der Waals surface area contributed by atoms with Crippen molar-refractivity contribution in [3.63, 3.8) is 0 Å². The Kier molecular flexibility index (Phi) is 6.12. The number of hydrogen-bond donors (Lipinski definition) is 0. The van der Waals surface area contributed by atoms with E-state index in [0.717, 1.165) is 27.6 Å². The van der Waals surface area contributed by atoms with Gasteiger partial charge in [0.25, 0.3) is 5.91 Å². The Morgan fingerprint density at radius 1 is 1.19 bits per heavy atom. The zero-order valence-corrected chi connectivity index (χ0v) is 19.8. The van der Waals surface area contributed by atoms with E-state index in [2.05, 4.69) is 11.1 Å². The summed E-state index contributed by atoms with van der Waals surface area (Å²) in [7, 11) is -3.42. The average Bonchev–Trinajstić information content (AvgIpc) is 3.40. The minimum atomic E-state index is -3.42. The van der Waals surface area contributed by atoms with Crippen molar-refractivity contribution in [2.75, 3.05) is 17.7 Å². The Morgan fingerprint density at radius 2 is 2.00 bits per heavy atom. The highest BCUT2D eigenvalue weighted by molar-refractivity contribution is 7.90. The van der Waals surface area contributed by atoms with Gasteiger partial charge in [-0.3, -0.25) is 9.69 Å². The summed E-state index contributed by atoms with van der Waals surface area (Å²) < 4.78 is 27.0. The molecule has 166 valence electrons. The van der Waals surface area contributed by atoms with E-state index in [1.54, 1.807) is 29.6 Å². The van der Waals surface area contributed by atoms with Gasteiger partial charge in [-0.05, 0) is 55.7 Å². The van der Waals surface area contributed by atoms with Gasteiger partial charge in [0, 0.05) is 37.3 Å². The third kappa shape index (κ3) is 4.73. The molecule has 0 saturated heterocycles. The molecule has 1 amide bonds. The Labute approximate surface area is 191 Å². The predicted octanol–water partition coefficient (Wildman–Crippen LogP) is 4.25. The number of hydrogen-bond acceptors (Lipinski definition) is 6. The fourth-order valence-corrected chi connectivity index (χ4v) is 5.32. The number of amides is 1. The summed E-state index contributed by atoms with van der Waals surface area (Å²) in [6.45, 7) is 5.21. The lowest BCUT2D eigenvalue weighted by Crippen LogP contribution is -2.32. The monoisotopic (exact) mass is 468 g/mol. The molecule has 0 aliphatic carbocycles. The topological polar surface area (TPSA) is 85.2 Å². The van der Waals surface area contributed by atoms with Crippen LogP contribution in [0.25, 0.3) is 10.2 Å². The number of fused-ring (bicyclic) bond motifs is 1. The molecule has 9 heteroatoms. The van der Waals surface area contributed by atoms with Crippen LogP contribution < -0.4 is 4.90 Å². The number of aromatic nitrogens is 3. The first-order chi connectivity index (χ1) is 15.2. The van der Waals surface area contributed by atoms with E-state index in [1.807, 2.05) is 30.7 Å². The first-order valence-electron chi connectivity index (χ1n) is 10.2. The van der Waals surface area contributed by atoms with Gasteiger partial charge in [0.15, 0.2) is 15.0 Å². The molecule has 0 spiro atoms. The van der Waals surface area contributed by atoms with E-state index >= 15 is 0 Å². The molecule has 0 aliphatic heterocycles. The van der Waals surface area contributed by atoms with Crippen molar-refractivity contribution in [3.8, 4) is 0 Å². The highest BCUT2D eigenvalue weighted by Crippen LogP contribution is 2.33. The van der Waals surface area contributed by atoms with Gasteiger partial charge in [-0.15, -0.1) is 0 Å². The molecule has 2 heterocycles. The molecular formula is C23H24N4O3S2. The van der Waals surface area contributed by atoms with Crippen LogP contribution in [0.4, 0.5) is 5.13 Å². The molecule has 0 N–H and O–H groups in total. The van der Waals surface area contributed by atoms with Crippen molar-refractivity contribution in [1.29, 1.82) is 0 Å². The number of anilines is 1. The second-order valence-corrected chi connectivity index (χ2v) is 10.8. The van der Waals surface area contributed by atoms with E-state index < -0.39 is 9.84 Å². The summed E-state index contributed by atoms with van der Waals surface area (Å²) >= 11 is 1.48. The Balaban J connectivity index is 1.70. The first-order valence-corrected chi connectivity index (χ1v) is 12.9. The summed E-state index contributed by atoms with van der Waals surface area (Å²) in [5.74, 6) is -0.269. The molecule has 4 rings (SSSR count). The zero-order chi connectivity index (χ0) is 22.9. The third-order valence-corrected chi connectivity index (χ3v) is 7.49. The van der Waals surface area contributed by atoms with Crippen LogP contribution >= 0.6 is 11.3 Å². The number of rotatable bonds is 7. The van der Waals surface area contributed by atoms with Gasteiger partial charge < -0.3 is 4.57 Å². The Hall–Kier alpha value is -3.04. The lowest BCUT2D eigenvalue weighted by atomic mass is 10.1. The summed E-state index contributed by atoms with van der Waals surface area (Å²) in [5, 5.41) is 0.606. The summed E-state index contributed by atoms with van der Waals surface area (Å²) in [6, 6.07) is 10.3. The SMILES string of the molecule is Cc1cc(C)c2sc(N(CCCn3ccnc3)C(=O)c3cccc(S(C)(=O)=O)c3)nc2c1. The quantitative estimate of drug-likeness (QED) is 0.405. The van der Waals surface area contributed by atoms with E-state index in [1.165, 1.54) is 23.5 Å². The molecule has 0 aliphatic rings. The van der Waals surface area contributed by atoms with Crippen LogP contribution in [0, 0.1) is 13.8 Å². The molecule has 0 unspecified atom stereocenters. The van der Waals surface area contributed by atoms with Crippen LogP contribution in [-0.4, -0.2) is 41.7 Å². The predicted molar refractivity (Wildman–Crippen MR) is 127 cm³/mol. The van der Waals surface area contributed by atoms with Crippen molar-refractivity contribution in [2.45, 2.75) is 31.7 Å². The fraction of sp³-hybridized carbons (Fsp3) is 0.261. The molecule has 0 atom stereocenters. The molecule has 0 radical (unpaired) electrons. The van der Waals surface area contributed by atoms with E-state index in [-0.39, 0.29) is 10.8 Å². The molecule has 32 heavy (non-hydrogen) atoms. The first kappa shape index (κ1) is 22.2. The van der Waals surface area contributed by atoms with E-state index in [4.69, 9.17) is 4.98 Å². The Bertz CT molecular complexity index is 1380. The van der Waals surface area contributed by atoms with Gasteiger partial charge in [0.05, 0.1) is 21.4 Å². The normalized spacial score (nSPS) is 11.7. The molecule has 0 bridgehead atoms. The van der Waals surface area contributed by atoms with E-state index in [0.29, 0.717) is 30.2 Å². The lowest BCUT2D eigenvalue weighted by Gasteiger charge is -2.20. The maximum atomic E-state index is 13.5. The third-order valence-electron chi connectivity index (χ3n) is 5.15. The van der Waals surface area contributed by atoms with Gasteiger partial charge in [0.1, 0.15) is 0 Å². The number of thiazole rings is 1. The van der Waals surface area contributed by atoms with Crippen molar-refractivity contribution >= 4 is 42.4 Å². The fourth-order valence-electron chi connectivity index (χ4n) is 3.61. The number of imidazole rings is 1. The average molecular weight is 469 g/mol. The smallest absolute Gasteiger partial charge is 0.260 e. The largest absolute Gasteiger partial charge is 0.337 e. The van der Waals surface area contributed by atoms with Crippen LogP contribution in [0.5, 0.6) is 0 Å². The minimum absolute atomic E-state index is 0.123. The molecule has 4 aromatic rings. The summed E-state index contributed by atoms with van der Waals surface area (Å²) in [5.41, 5.74) is 3.42. The van der Waals surface area contributed by atoms with Gasteiger partial charge in [0.2, 0.25) is 0 Å². The molecule has 0 saturated carbocycles. The number of benzene rings is 2. The second-order valence-electron chi connectivity index (χ2n) is 7.84. The summed E-state index contributed by atoms with van der Waals surface area (Å²) in [4.78, 5) is 24.1. The molecule has 7 nitrogen and oxygen atoms in total. The molecule has 0 fully saturated rings. The van der Waals surface area contributed by atoms with Crippen molar-refractivity contribution < 1.29 is 13.2 Å². The van der Waals surface area contributed by atoms with Crippen molar-refractivity contribution in [1.82, 2.24) is 14.5 Å². The lowest BCUT2D eigenvalue weighted by molar-refractivity contribution is 0.0986. The van der Waals surface area contributed by atoms with Crippen LogP contribution in [0.15, 0.2) is 60.0 Å². The number of carbonyl (C=O) groups is 1. The van der Waals surface area contributed by atoms with E-state index in [9.17, 15) is 13.2 Å². The highest BCUT2D eigenvalue weighted by atomic mass is 32.2. The second kappa shape index (κ2) is 8.84. The number of nitrogens with zero attached hydrogens (tertiary/aromatic N) is 4. The zero-order valence-electron chi connectivity index (χ0n) is 18.1. The highest BCUT2D eigenvalue weighted by Gasteiger charge is 2.23. The maximum absolute atomic E-state index is 13.5. The van der Waals surface area contributed by atoms with Crippen molar-refractivity contribution in [2.24, 2.45) is 0 Å². The molecular weight excluding hydrogens is 444 g/mol. The van der Waals surface area contributed by atoms with Crippen LogP contribution in [0.1, 0.15) is 27.9 Å². The minimum Gasteiger partial charge on any atom is -0.337 e. The van der Waals surface area contributed by atoms with Gasteiger partial charge in [-0.25, -0.2) is 18.4 Å². The van der Waals surface area contributed by atoms with Gasteiger partial charge >= 0.3 is 0 Å². The molecule has 2 aromatic heterocycles. The van der Waals surface area contributed by atoms with Crippen molar-refractivity contribution in [3.05, 3.63) is 71.8 Å². The van der Waals surface area contributed by atoms with Gasteiger partial charge in [-0.1, -0.05) is 23.5 Å². The van der Waals surface area contributed by atoms with Crippen LogP contribution in [-0.2, 0) is 16.4 Å². The summed E-state index contributed by atoms with van der Waals surface area (Å²) in [6.07, 6.45) is 7.18. The number of carbonyl (C=O) groups excluding carboxylic acids is 1. The van der Waals surface area contributed by atoms with Crippen LogP contribution in [0.2, 0.25) is 0 Å². The number of sulfone groups is 1. The van der Waals surface area contributed by atoms with Gasteiger partial charge in [-0.2, -0.15) is 0 Å². The Morgan fingerprint density at radius 3 is 2.72 bits per heavy atom.